The maximum Gasteiger partial charge on any atom is 0.363 e. The van der Waals surface area contributed by atoms with Crippen LogP contribution in [-0.4, -0.2) is 11.9 Å². The number of carbonyl (C=O) groups is 1. The van der Waals surface area contributed by atoms with Gasteiger partial charge in [0.25, 0.3) is 0 Å². The van der Waals surface area contributed by atoms with Crippen molar-refractivity contribution in [1.29, 1.82) is 0 Å². The summed E-state index contributed by atoms with van der Waals surface area (Å²) in [5.41, 5.74) is 0.778. The van der Waals surface area contributed by atoms with Crippen LogP contribution in [0.4, 0.5) is 0 Å². The van der Waals surface area contributed by atoms with E-state index in [2.05, 4.69) is 27.6 Å². The van der Waals surface area contributed by atoms with E-state index in [1.807, 2.05) is 34.7 Å². The molecular formula is C14H6ClI2NO3. The number of esters is 1. The van der Waals surface area contributed by atoms with Crippen LogP contribution in [0, 0.1) is 7.34 Å². The summed E-state index contributed by atoms with van der Waals surface area (Å²) in [4.78, 5) is 16.1. The van der Waals surface area contributed by atoms with Gasteiger partial charge >= 0.3 is 5.97 Å². The summed E-state index contributed by atoms with van der Waals surface area (Å²) in [6, 6.07) is 8.98. The highest BCUT2D eigenvalue weighted by Crippen LogP contribution is 2.25. The van der Waals surface area contributed by atoms with E-state index in [9.17, 15) is 4.79 Å². The molecule has 0 N–H and O–H groups in total. The Hall–Kier alpha value is -0.870. The topological polar surface area (TPSA) is 51.8 Å². The number of nitrogens with zero attached hydrogens (tertiary/aromatic N) is 1. The second-order valence-electron chi connectivity index (χ2n) is 4.10. The Morgan fingerprint density at radius 1 is 1.19 bits per heavy atom. The monoisotopic (exact) mass is 525 g/mol. The molecule has 1 aromatic carbocycles. The fourth-order valence-corrected chi connectivity index (χ4v) is 2.85. The third kappa shape index (κ3) is 3.32. The number of halogens is 3. The summed E-state index contributed by atoms with van der Waals surface area (Å²) in [5, 5.41) is 0.482. The van der Waals surface area contributed by atoms with E-state index in [4.69, 9.17) is 20.8 Å². The van der Waals surface area contributed by atoms with Crippen molar-refractivity contribution in [1.82, 2.24) is 0 Å². The van der Waals surface area contributed by atoms with Gasteiger partial charge in [0.1, 0.15) is 5.76 Å². The lowest BCUT2D eigenvalue weighted by Gasteiger charge is -2.02. The minimum atomic E-state index is -0.522. The molecule has 1 aromatic heterocycles. The van der Waals surface area contributed by atoms with Gasteiger partial charge in [0.2, 0.25) is 5.90 Å². The lowest BCUT2D eigenvalue weighted by atomic mass is 10.2. The lowest BCUT2D eigenvalue weighted by Crippen LogP contribution is -2.06. The number of ether oxygens (including phenoxy) is 1. The summed E-state index contributed by atoms with van der Waals surface area (Å²) in [6.07, 6.45) is 1.54. The number of aliphatic imine (C=N–C) groups is 1. The SMILES string of the molecule is O=C1OC(c2cc(I)ccc2Cl)=N/C1=C\c1ccc(I)o1. The molecule has 7 heteroatoms. The van der Waals surface area contributed by atoms with E-state index in [0.29, 0.717) is 16.3 Å². The minimum absolute atomic E-state index is 0.186. The smallest absolute Gasteiger partial charge is 0.363 e. The largest absolute Gasteiger partial charge is 0.451 e. The van der Waals surface area contributed by atoms with Gasteiger partial charge in [0.15, 0.2) is 9.46 Å². The van der Waals surface area contributed by atoms with Crippen molar-refractivity contribution in [3.05, 3.63) is 59.7 Å². The second kappa shape index (κ2) is 6.09. The zero-order valence-corrected chi connectivity index (χ0v) is 15.3. The zero-order chi connectivity index (χ0) is 15.0. The molecule has 0 bridgehead atoms. The Labute approximate surface area is 152 Å². The van der Waals surface area contributed by atoms with Crippen molar-refractivity contribution in [2.24, 2.45) is 4.99 Å². The Morgan fingerprint density at radius 2 is 2.00 bits per heavy atom. The van der Waals surface area contributed by atoms with Crippen molar-refractivity contribution in [2.45, 2.75) is 0 Å². The molecule has 4 nitrogen and oxygen atoms in total. The van der Waals surface area contributed by atoms with E-state index in [1.165, 1.54) is 0 Å². The molecule has 21 heavy (non-hydrogen) atoms. The van der Waals surface area contributed by atoms with Crippen LogP contribution in [0.5, 0.6) is 0 Å². The third-order valence-electron chi connectivity index (χ3n) is 2.65. The van der Waals surface area contributed by atoms with Gasteiger partial charge in [-0.25, -0.2) is 9.79 Å². The van der Waals surface area contributed by atoms with Crippen molar-refractivity contribution in [2.75, 3.05) is 0 Å². The molecule has 0 saturated heterocycles. The number of furan rings is 1. The summed E-state index contributed by atoms with van der Waals surface area (Å²) in [7, 11) is 0. The lowest BCUT2D eigenvalue weighted by molar-refractivity contribution is -0.129. The van der Waals surface area contributed by atoms with E-state index < -0.39 is 5.97 Å². The molecule has 0 saturated carbocycles. The minimum Gasteiger partial charge on any atom is -0.451 e. The Morgan fingerprint density at radius 3 is 2.71 bits per heavy atom. The van der Waals surface area contributed by atoms with E-state index >= 15 is 0 Å². The van der Waals surface area contributed by atoms with Crippen molar-refractivity contribution in [3.8, 4) is 0 Å². The summed E-state index contributed by atoms with van der Waals surface area (Å²) in [5.74, 6) is 0.229. The quantitative estimate of drug-likeness (QED) is 0.330. The third-order valence-corrected chi connectivity index (χ3v) is 4.23. The van der Waals surface area contributed by atoms with E-state index in [1.54, 1.807) is 24.3 Å². The van der Waals surface area contributed by atoms with Crippen LogP contribution >= 0.6 is 56.8 Å². The van der Waals surface area contributed by atoms with Gasteiger partial charge in [-0.15, -0.1) is 0 Å². The molecule has 0 radical (unpaired) electrons. The first kappa shape index (κ1) is 15.0. The van der Waals surface area contributed by atoms with Crippen LogP contribution < -0.4 is 0 Å². The zero-order valence-electron chi connectivity index (χ0n) is 10.3. The average molecular weight is 525 g/mol. The van der Waals surface area contributed by atoms with E-state index in [0.717, 1.165) is 7.34 Å². The molecule has 0 spiro atoms. The Balaban J connectivity index is 1.99. The van der Waals surface area contributed by atoms with Crippen LogP contribution in [-0.2, 0) is 9.53 Å². The van der Waals surface area contributed by atoms with Gasteiger partial charge in [-0.3, -0.25) is 0 Å². The van der Waals surface area contributed by atoms with Crippen LogP contribution in [0.15, 0.2) is 45.4 Å². The molecular weight excluding hydrogens is 519 g/mol. The first-order valence-corrected chi connectivity index (χ1v) is 8.30. The van der Waals surface area contributed by atoms with Gasteiger partial charge in [0.05, 0.1) is 10.6 Å². The maximum atomic E-state index is 11.9. The Bertz CT molecular complexity index is 795. The molecule has 3 rings (SSSR count). The molecule has 0 fully saturated rings. The van der Waals surface area contributed by atoms with Crippen molar-refractivity contribution >= 4 is 74.7 Å². The molecule has 0 atom stereocenters. The molecule has 1 aliphatic heterocycles. The Kier molecular flexibility index (Phi) is 4.36. The molecule has 106 valence electrons. The van der Waals surface area contributed by atoms with Crippen LogP contribution in [0.25, 0.3) is 6.08 Å². The summed E-state index contributed by atoms with van der Waals surface area (Å²) < 4.78 is 12.3. The fourth-order valence-electron chi connectivity index (χ4n) is 1.73. The average Bonchev–Trinajstić information content (AvgIpc) is 3.00. The maximum absolute atomic E-state index is 11.9. The number of cyclic esters (lactones) is 1. The van der Waals surface area contributed by atoms with Crippen molar-refractivity contribution in [3.63, 3.8) is 0 Å². The van der Waals surface area contributed by atoms with Gasteiger partial charge < -0.3 is 9.15 Å². The first-order chi connectivity index (χ1) is 10.0. The number of hydrogen-bond donors (Lipinski definition) is 0. The summed E-state index contributed by atoms with van der Waals surface area (Å²) >= 11 is 10.3. The van der Waals surface area contributed by atoms with Gasteiger partial charge in [-0.2, -0.15) is 0 Å². The number of rotatable bonds is 2. The van der Waals surface area contributed by atoms with Gasteiger partial charge in [0, 0.05) is 9.65 Å². The standard InChI is InChI=1S/C14H6ClI2NO3/c15-10-3-1-7(16)5-9(10)13-18-11(14(19)21-13)6-8-2-4-12(17)20-8/h1-6H/b11-6-. The molecule has 0 amide bonds. The first-order valence-electron chi connectivity index (χ1n) is 5.76. The van der Waals surface area contributed by atoms with Crippen LogP contribution in [0.3, 0.4) is 0 Å². The van der Waals surface area contributed by atoms with E-state index in [-0.39, 0.29) is 11.6 Å². The molecule has 0 aliphatic carbocycles. The predicted molar refractivity (Wildman–Crippen MR) is 96.2 cm³/mol. The summed E-state index contributed by atoms with van der Waals surface area (Å²) in [6.45, 7) is 0. The highest BCUT2D eigenvalue weighted by Gasteiger charge is 2.26. The highest BCUT2D eigenvalue weighted by atomic mass is 127. The van der Waals surface area contributed by atoms with Gasteiger partial charge in [-0.1, -0.05) is 11.6 Å². The van der Waals surface area contributed by atoms with Crippen molar-refractivity contribution < 1.29 is 13.9 Å². The number of carbonyl (C=O) groups excluding carboxylic acids is 1. The van der Waals surface area contributed by atoms with Crippen LogP contribution in [0.2, 0.25) is 5.02 Å². The highest BCUT2D eigenvalue weighted by molar-refractivity contribution is 14.1. The number of benzene rings is 1. The normalized spacial score (nSPS) is 16.2. The fraction of sp³-hybridized carbons (Fsp3) is 0. The molecule has 0 unspecified atom stereocenters. The number of hydrogen-bond acceptors (Lipinski definition) is 4. The predicted octanol–water partition coefficient (Wildman–Crippen LogP) is 4.49. The molecule has 2 heterocycles. The van der Waals surface area contributed by atoms with Gasteiger partial charge in [-0.05, 0) is 75.5 Å². The van der Waals surface area contributed by atoms with Crippen LogP contribution in [0.1, 0.15) is 11.3 Å². The molecule has 1 aliphatic rings. The molecule has 2 aromatic rings. The second-order valence-corrected chi connectivity index (χ2v) is 6.82.